The van der Waals surface area contributed by atoms with E-state index in [1.165, 1.54) is 18.5 Å². The van der Waals surface area contributed by atoms with E-state index in [1.807, 2.05) is 30.5 Å². The van der Waals surface area contributed by atoms with Gasteiger partial charge in [0.25, 0.3) is 5.56 Å². The van der Waals surface area contributed by atoms with Crippen molar-refractivity contribution in [3.8, 4) is 5.75 Å². The molecular formula is C21H25N3O4S. The van der Waals surface area contributed by atoms with E-state index in [-0.39, 0.29) is 29.8 Å². The van der Waals surface area contributed by atoms with Gasteiger partial charge in [-0.1, -0.05) is 18.2 Å². The number of aromatic hydroxyl groups is 1. The fraction of sp³-hybridized carbons (Fsp3) is 0.429. The largest absolute Gasteiger partial charge is 0.501 e. The fourth-order valence-electron chi connectivity index (χ4n) is 3.79. The highest BCUT2D eigenvalue weighted by Crippen LogP contribution is 2.31. The first-order chi connectivity index (χ1) is 13.8. The van der Waals surface area contributed by atoms with Gasteiger partial charge in [0.15, 0.2) is 11.5 Å². The van der Waals surface area contributed by atoms with Gasteiger partial charge in [0.2, 0.25) is 11.7 Å². The molecule has 1 aliphatic heterocycles. The van der Waals surface area contributed by atoms with Crippen molar-refractivity contribution in [2.75, 3.05) is 12.8 Å². The Morgan fingerprint density at radius 2 is 2.03 bits per heavy atom. The van der Waals surface area contributed by atoms with E-state index in [2.05, 4.69) is 4.98 Å². The highest BCUT2D eigenvalue weighted by atomic mass is 32.2. The summed E-state index contributed by atoms with van der Waals surface area (Å²) in [6, 6.07) is 7.45. The third-order valence-electron chi connectivity index (χ3n) is 5.33. The maximum Gasteiger partial charge on any atom is 0.296 e. The molecule has 154 valence electrons. The van der Waals surface area contributed by atoms with Gasteiger partial charge in [-0.25, -0.2) is 4.98 Å². The number of carbonyl (C=O) groups excluding carboxylic acids is 2. The molecule has 0 bridgehead atoms. The van der Waals surface area contributed by atoms with Crippen LogP contribution in [-0.2, 0) is 18.3 Å². The molecule has 1 saturated heterocycles. The number of hydrogen-bond acceptors (Lipinski definition) is 6. The summed E-state index contributed by atoms with van der Waals surface area (Å²) in [7, 11) is 1.50. The van der Waals surface area contributed by atoms with Crippen molar-refractivity contribution in [3.05, 3.63) is 51.7 Å². The molecule has 7 nitrogen and oxygen atoms in total. The van der Waals surface area contributed by atoms with Gasteiger partial charge in [0.1, 0.15) is 5.82 Å². The molecule has 3 rings (SSSR count). The molecule has 1 aromatic carbocycles. The van der Waals surface area contributed by atoms with Crippen LogP contribution in [-0.4, -0.2) is 44.0 Å². The summed E-state index contributed by atoms with van der Waals surface area (Å²) < 4.78 is 1.24. The third-order valence-corrected chi connectivity index (χ3v) is 6.17. The van der Waals surface area contributed by atoms with E-state index in [9.17, 15) is 19.5 Å². The first-order valence-corrected chi connectivity index (χ1v) is 10.8. The first kappa shape index (κ1) is 21.1. The van der Waals surface area contributed by atoms with Crippen molar-refractivity contribution in [1.29, 1.82) is 0 Å². The van der Waals surface area contributed by atoms with Crippen molar-refractivity contribution in [2.24, 2.45) is 7.05 Å². The third kappa shape index (κ3) is 4.22. The molecule has 1 unspecified atom stereocenters. The molecule has 1 fully saturated rings. The summed E-state index contributed by atoms with van der Waals surface area (Å²) in [5.74, 6) is -0.777. The monoisotopic (exact) mass is 415 g/mol. The van der Waals surface area contributed by atoms with Crippen LogP contribution < -0.4 is 5.56 Å². The van der Waals surface area contributed by atoms with Gasteiger partial charge in [0.05, 0.1) is 6.04 Å². The first-order valence-electron chi connectivity index (χ1n) is 9.57. The molecule has 1 aliphatic rings. The van der Waals surface area contributed by atoms with E-state index < -0.39 is 11.3 Å². The number of amides is 1. The summed E-state index contributed by atoms with van der Waals surface area (Å²) in [5.41, 5.74) is 0.161. The minimum atomic E-state index is -0.668. The Balaban J connectivity index is 1.91. The number of nitrogens with zero attached hydrogens (tertiary/aromatic N) is 3. The lowest BCUT2D eigenvalue weighted by Gasteiger charge is -2.24. The van der Waals surface area contributed by atoms with Crippen molar-refractivity contribution in [3.63, 3.8) is 0 Å². The van der Waals surface area contributed by atoms with Crippen LogP contribution in [0, 0.1) is 0 Å². The minimum absolute atomic E-state index is 0.101. The molecule has 1 atom stereocenters. The lowest BCUT2D eigenvalue weighted by Crippen LogP contribution is -2.34. The SMILES string of the molecule is CSc1ccccc1CCC(=O)c1nc(C2CCCN2C(C)=O)n(C)c(=O)c1O. The predicted molar refractivity (Wildman–Crippen MR) is 111 cm³/mol. The van der Waals surface area contributed by atoms with Gasteiger partial charge in [-0.2, -0.15) is 0 Å². The highest BCUT2D eigenvalue weighted by molar-refractivity contribution is 7.98. The van der Waals surface area contributed by atoms with Crippen LogP contribution >= 0.6 is 11.8 Å². The molecule has 2 aromatic rings. The average Bonchev–Trinajstić information content (AvgIpc) is 3.20. The van der Waals surface area contributed by atoms with Crippen LogP contribution in [0.4, 0.5) is 0 Å². The van der Waals surface area contributed by atoms with Crippen LogP contribution in [0.25, 0.3) is 0 Å². The number of hydrogen-bond donors (Lipinski definition) is 1. The van der Waals surface area contributed by atoms with Crippen molar-refractivity contribution < 1.29 is 14.7 Å². The molecule has 2 heterocycles. The van der Waals surface area contributed by atoms with Crippen LogP contribution in [0.1, 0.15) is 54.1 Å². The van der Waals surface area contributed by atoms with Crippen LogP contribution in [0.5, 0.6) is 5.75 Å². The highest BCUT2D eigenvalue weighted by Gasteiger charge is 2.32. The number of Topliss-reactive ketones (excluding diaryl/α,β-unsaturated/α-hetero) is 1. The standard InChI is InChI=1S/C21H25N3O4S/c1-13(25)24-12-6-8-15(24)20-22-18(19(27)21(28)23(20)2)16(26)11-10-14-7-4-5-9-17(14)29-3/h4-5,7,9,15,27H,6,8,10-12H2,1-3H3. The Bertz CT molecular complexity index is 1000. The summed E-state index contributed by atoms with van der Waals surface area (Å²) in [6.45, 7) is 2.07. The van der Waals surface area contributed by atoms with Gasteiger partial charge in [-0.3, -0.25) is 19.0 Å². The van der Waals surface area contributed by atoms with Crippen molar-refractivity contribution in [2.45, 2.75) is 43.5 Å². The summed E-state index contributed by atoms with van der Waals surface area (Å²) in [4.78, 5) is 44.4. The van der Waals surface area contributed by atoms with Gasteiger partial charge in [0, 0.05) is 31.8 Å². The minimum Gasteiger partial charge on any atom is -0.501 e. The number of ketones is 1. The molecule has 8 heteroatoms. The van der Waals surface area contributed by atoms with E-state index in [1.54, 1.807) is 16.7 Å². The zero-order valence-electron chi connectivity index (χ0n) is 16.8. The van der Waals surface area contributed by atoms with Gasteiger partial charge < -0.3 is 10.0 Å². The number of thioether (sulfide) groups is 1. The summed E-state index contributed by atoms with van der Waals surface area (Å²) in [6.07, 6.45) is 4.06. The van der Waals surface area contributed by atoms with E-state index in [4.69, 9.17) is 0 Å². The summed E-state index contributed by atoms with van der Waals surface area (Å²) >= 11 is 1.61. The van der Waals surface area contributed by atoms with Gasteiger partial charge in [-0.05, 0) is 37.1 Å². The molecule has 0 spiro atoms. The average molecular weight is 416 g/mol. The van der Waals surface area contributed by atoms with E-state index >= 15 is 0 Å². The lowest BCUT2D eigenvalue weighted by molar-refractivity contribution is -0.129. The topological polar surface area (TPSA) is 92.5 Å². The molecule has 0 saturated carbocycles. The number of benzene rings is 1. The number of rotatable bonds is 6. The van der Waals surface area contributed by atoms with Crippen LogP contribution in [0.15, 0.2) is 34.0 Å². The number of carbonyl (C=O) groups is 2. The second-order valence-electron chi connectivity index (χ2n) is 7.14. The molecule has 29 heavy (non-hydrogen) atoms. The maximum atomic E-state index is 12.8. The zero-order valence-corrected chi connectivity index (χ0v) is 17.7. The van der Waals surface area contributed by atoms with Gasteiger partial charge in [-0.15, -0.1) is 11.8 Å². The zero-order chi connectivity index (χ0) is 21.1. The Morgan fingerprint density at radius 1 is 1.31 bits per heavy atom. The Labute approximate surface area is 173 Å². The molecule has 1 N–H and O–H groups in total. The number of aryl methyl sites for hydroxylation is 1. The Morgan fingerprint density at radius 3 is 2.72 bits per heavy atom. The molecular weight excluding hydrogens is 390 g/mol. The summed E-state index contributed by atoms with van der Waals surface area (Å²) in [5, 5.41) is 10.3. The van der Waals surface area contributed by atoms with Crippen LogP contribution in [0.3, 0.4) is 0 Å². The van der Waals surface area contributed by atoms with Gasteiger partial charge >= 0.3 is 0 Å². The van der Waals surface area contributed by atoms with Crippen LogP contribution in [0.2, 0.25) is 0 Å². The fourth-order valence-corrected chi connectivity index (χ4v) is 4.43. The Kier molecular flexibility index (Phi) is 6.42. The number of likely N-dealkylation sites (tertiary alicyclic amines) is 1. The molecule has 1 aromatic heterocycles. The predicted octanol–water partition coefficient (Wildman–Crippen LogP) is 2.71. The second kappa shape index (κ2) is 8.82. The molecule has 0 radical (unpaired) electrons. The maximum absolute atomic E-state index is 12.8. The lowest BCUT2D eigenvalue weighted by atomic mass is 10.1. The van der Waals surface area contributed by atoms with E-state index in [0.29, 0.717) is 25.2 Å². The Hall–Kier alpha value is -2.61. The second-order valence-corrected chi connectivity index (χ2v) is 7.98. The van der Waals surface area contributed by atoms with E-state index in [0.717, 1.165) is 16.9 Å². The van der Waals surface area contributed by atoms with Crippen molar-refractivity contribution in [1.82, 2.24) is 14.5 Å². The number of aromatic nitrogens is 2. The normalized spacial score (nSPS) is 16.2. The molecule has 1 amide bonds. The molecule has 0 aliphatic carbocycles. The smallest absolute Gasteiger partial charge is 0.296 e. The quantitative estimate of drug-likeness (QED) is 0.576. The van der Waals surface area contributed by atoms with Crippen molar-refractivity contribution >= 4 is 23.5 Å².